The number of halogens is 1. The molecule has 0 saturated heterocycles. The van der Waals surface area contributed by atoms with Crippen molar-refractivity contribution in [3.05, 3.63) is 65.0 Å². The van der Waals surface area contributed by atoms with Gasteiger partial charge in [0.15, 0.2) is 5.78 Å². The summed E-state index contributed by atoms with van der Waals surface area (Å²) < 4.78 is 18.9. The Balaban J connectivity index is 2.04. The zero-order valence-corrected chi connectivity index (χ0v) is 14.7. The van der Waals surface area contributed by atoms with Crippen molar-refractivity contribution in [1.82, 2.24) is 5.32 Å². The lowest BCUT2D eigenvalue weighted by atomic mass is 9.83. The Hall–Kier alpha value is -2.73. The number of amides is 1. The van der Waals surface area contributed by atoms with Crippen molar-refractivity contribution in [2.75, 3.05) is 0 Å². The Kier molecular flexibility index (Phi) is 4.54. The van der Waals surface area contributed by atoms with Crippen LogP contribution in [0.5, 0.6) is 5.75 Å². The lowest BCUT2D eigenvalue weighted by Crippen LogP contribution is -2.54. The predicted octanol–water partition coefficient (Wildman–Crippen LogP) is 3.03. The third kappa shape index (κ3) is 3.20. The summed E-state index contributed by atoms with van der Waals surface area (Å²) in [6, 6.07) is 9.29. The van der Waals surface area contributed by atoms with Crippen molar-refractivity contribution >= 4 is 11.7 Å². The summed E-state index contributed by atoms with van der Waals surface area (Å²) in [5.41, 5.74) is 0.108. The van der Waals surface area contributed by atoms with Crippen LogP contribution < -0.4 is 10.1 Å². The SMILES string of the molecule is CC(=O)c1cccc2c1[C@H](NC(=O)c1ccc(F)cc1)[C@@H](O)C(C)(C)O2. The maximum Gasteiger partial charge on any atom is 0.251 e. The summed E-state index contributed by atoms with van der Waals surface area (Å²) in [7, 11) is 0. The van der Waals surface area contributed by atoms with Crippen LogP contribution in [0.4, 0.5) is 4.39 Å². The van der Waals surface area contributed by atoms with Gasteiger partial charge in [-0.2, -0.15) is 0 Å². The van der Waals surface area contributed by atoms with Gasteiger partial charge in [-0.1, -0.05) is 12.1 Å². The minimum atomic E-state index is -1.08. The molecule has 0 aliphatic carbocycles. The third-order valence-corrected chi connectivity index (χ3v) is 4.55. The van der Waals surface area contributed by atoms with E-state index in [4.69, 9.17) is 4.74 Å². The molecule has 5 nitrogen and oxygen atoms in total. The Labute approximate surface area is 150 Å². The Morgan fingerprint density at radius 1 is 1.15 bits per heavy atom. The van der Waals surface area contributed by atoms with Gasteiger partial charge in [0, 0.05) is 16.7 Å². The number of fused-ring (bicyclic) bond motifs is 1. The molecule has 1 amide bonds. The van der Waals surface area contributed by atoms with Crippen LogP contribution in [0.15, 0.2) is 42.5 Å². The Morgan fingerprint density at radius 2 is 1.81 bits per heavy atom. The topological polar surface area (TPSA) is 75.6 Å². The number of rotatable bonds is 3. The van der Waals surface area contributed by atoms with Gasteiger partial charge in [-0.3, -0.25) is 9.59 Å². The highest BCUT2D eigenvalue weighted by molar-refractivity contribution is 5.98. The van der Waals surface area contributed by atoms with Gasteiger partial charge in [-0.05, 0) is 51.1 Å². The van der Waals surface area contributed by atoms with Crippen LogP contribution in [0.3, 0.4) is 0 Å². The number of aliphatic hydroxyl groups excluding tert-OH is 1. The first-order valence-corrected chi connectivity index (χ1v) is 8.28. The number of hydrogen-bond donors (Lipinski definition) is 2. The molecule has 26 heavy (non-hydrogen) atoms. The molecule has 1 aliphatic heterocycles. The maximum atomic E-state index is 13.1. The lowest BCUT2D eigenvalue weighted by molar-refractivity contribution is -0.0629. The van der Waals surface area contributed by atoms with Gasteiger partial charge in [-0.15, -0.1) is 0 Å². The molecule has 6 heteroatoms. The van der Waals surface area contributed by atoms with Gasteiger partial charge in [0.05, 0.1) is 6.04 Å². The second kappa shape index (κ2) is 6.53. The number of nitrogens with one attached hydrogen (secondary N) is 1. The van der Waals surface area contributed by atoms with Crippen molar-refractivity contribution in [3.8, 4) is 5.75 Å². The van der Waals surface area contributed by atoms with Crippen LogP contribution in [0, 0.1) is 5.82 Å². The zero-order valence-electron chi connectivity index (χ0n) is 14.7. The molecule has 1 aliphatic rings. The van der Waals surface area contributed by atoms with Crippen molar-refractivity contribution in [3.63, 3.8) is 0 Å². The third-order valence-electron chi connectivity index (χ3n) is 4.55. The van der Waals surface area contributed by atoms with Gasteiger partial charge in [0.1, 0.15) is 23.3 Å². The Bertz CT molecular complexity index is 861. The van der Waals surface area contributed by atoms with Crippen LogP contribution in [-0.4, -0.2) is 28.5 Å². The molecule has 0 aromatic heterocycles. The van der Waals surface area contributed by atoms with Crippen molar-refractivity contribution in [1.29, 1.82) is 0 Å². The Morgan fingerprint density at radius 3 is 2.42 bits per heavy atom. The smallest absolute Gasteiger partial charge is 0.251 e. The average molecular weight is 357 g/mol. The highest BCUT2D eigenvalue weighted by atomic mass is 19.1. The number of ether oxygens (including phenoxy) is 1. The molecule has 2 atom stereocenters. The molecule has 0 radical (unpaired) electrons. The predicted molar refractivity (Wildman–Crippen MR) is 93.8 cm³/mol. The average Bonchev–Trinajstić information content (AvgIpc) is 2.58. The molecule has 0 spiro atoms. The highest BCUT2D eigenvalue weighted by Crippen LogP contribution is 2.41. The molecule has 3 rings (SSSR count). The van der Waals surface area contributed by atoms with Crippen molar-refractivity contribution < 1.29 is 23.8 Å². The molecule has 0 saturated carbocycles. The number of ketones is 1. The number of aliphatic hydroxyl groups is 1. The van der Waals surface area contributed by atoms with Crippen LogP contribution in [0.2, 0.25) is 0 Å². The molecule has 1 heterocycles. The van der Waals surface area contributed by atoms with Gasteiger partial charge in [0.25, 0.3) is 5.91 Å². The number of carbonyl (C=O) groups excluding carboxylic acids is 2. The number of benzene rings is 2. The van der Waals surface area contributed by atoms with E-state index in [2.05, 4.69) is 5.32 Å². The minimum absolute atomic E-state index is 0.196. The van der Waals surface area contributed by atoms with Crippen LogP contribution in [0.1, 0.15) is 53.1 Å². The summed E-state index contributed by atoms with van der Waals surface area (Å²) in [6.07, 6.45) is -1.08. The molecule has 0 fully saturated rings. The van der Waals surface area contributed by atoms with Gasteiger partial charge < -0.3 is 15.2 Å². The second-order valence-electron chi connectivity index (χ2n) is 6.88. The summed E-state index contributed by atoms with van der Waals surface area (Å²) in [4.78, 5) is 24.6. The van der Waals surface area contributed by atoms with E-state index < -0.39 is 29.5 Å². The first-order valence-electron chi connectivity index (χ1n) is 8.28. The second-order valence-corrected chi connectivity index (χ2v) is 6.88. The fourth-order valence-electron chi connectivity index (χ4n) is 3.14. The summed E-state index contributed by atoms with van der Waals surface area (Å²) in [5.74, 6) is -0.676. The fraction of sp³-hybridized carbons (Fsp3) is 0.300. The molecule has 2 N–H and O–H groups in total. The fourth-order valence-corrected chi connectivity index (χ4v) is 3.14. The van der Waals surface area contributed by atoms with Crippen LogP contribution in [-0.2, 0) is 0 Å². The molecular formula is C20H20FNO4. The first-order chi connectivity index (χ1) is 12.2. The van der Waals surface area contributed by atoms with Gasteiger partial charge in [-0.25, -0.2) is 4.39 Å². The number of hydrogen-bond acceptors (Lipinski definition) is 4. The normalized spacial score (nSPS) is 20.7. The van der Waals surface area contributed by atoms with Crippen molar-refractivity contribution in [2.24, 2.45) is 0 Å². The maximum absolute atomic E-state index is 13.1. The molecule has 0 unspecified atom stereocenters. The van der Waals surface area contributed by atoms with Crippen LogP contribution >= 0.6 is 0 Å². The largest absolute Gasteiger partial charge is 0.485 e. The summed E-state index contributed by atoms with van der Waals surface area (Å²) in [6.45, 7) is 4.83. The number of Topliss-reactive ketones (excluding diaryl/α,β-unsaturated/α-hetero) is 1. The first kappa shape index (κ1) is 18.1. The monoisotopic (exact) mass is 357 g/mol. The quantitative estimate of drug-likeness (QED) is 0.828. The number of carbonyl (C=O) groups is 2. The molecule has 0 bridgehead atoms. The zero-order chi connectivity index (χ0) is 19.1. The standard InChI is InChI=1S/C20H20FNO4/c1-11(23)14-5-4-6-15-16(14)17(18(24)20(2,3)26-15)22-19(25)12-7-9-13(21)10-8-12/h4-10,17-18,24H,1-3H3,(H,22,25)/t17-,18+/m0/s1. The van der Waals surface area contributed by atoms with E-state index in [1.54, 1.807) is 32.0 Å². The minimum Gasteiger partial charge on any atom is -0.485 e. The molecule has 136 valence electrons. The van der Waals surface area contributed by atoms with Gasteiger partial charge >= 0.3 is 0 Å². The summed E-state index contributed by atoms with van der Waals surface area (Å²) in [5, 5.41) is 13.5. The van der Waals surface area contributed by atoms with E-state index >= 15 is 0 Å². The molecular weight excluding hydrogens is 337 g/mol. The van der Waals surface area contributed by atoms with E-state index in [1.807, 2.05) is 0 Å². The van der Waals surface area contributed by atoms with Crippen molar-refractivity contribution in [2.45, 2.75) is 38.5 Å². The highest BCUT2D eigenvalue weighted by Gasteiger charge is 2.45. The van der Waals surface area contributed by atoms with E-state index in [9.17, 15) is 19.1 Å². The lowest BCUT2D eigenvalue weighted by Gasteiger charge is -2.42. The van der Waals surface area contributed by atoms with Crippen LogP contribution in [0.25, 0.3) is 0 Å². The molecule has 2 aromatic carbocycles. The summed E-state index contributed by atoms with van der Waals surface area (Å²) >= 11 is 0. The van der Waals surface area contributed by atoms with E-state index in [0.717, 1.165) is 0 Å². The van der Waals surface area contributed by atoms with E-state index in [-0.39, 0.29) is 11.3 Å². The van der Waals surface area contributed by atoms with E-state index in [1.165, 1.54) is 31.2 Å². The van der Waals surface area contributed by atoms with E-state index in [0.29, 0.717) is 16.9 Å². The van der Waals surface area contributed by atoms with Gasteiger partial charge in [0.2, 0.25) is 0 Å². The molecule has 2 aromatic rings.